The van der Waals surface area contributed by atoms with Gasteiger partial charge in [0, 0.05) is 23.1 Å². The Labute approximate surface area is 114 Å². The first kappa shape index (κ1) is 13.3. The van der Waals surface area contributed by atoms with Gasteiger partial charge in [0.2, 0.25) is 0 Å². The van der Waals surface area contributed by atoms with Crippen LogP contribution in [-0.2, 0) is 12.3 Å². The van der Waals surface area contributed by atoms with Crippen molar-refractivity contribution in [2.75, 3.05) is 17.7 Å². The number of nitrogens with one attached hydrogen (secondary N) is 1. The highest BCUT2D eigenvalue weighted by atomic mass is 32.2. The molecular formula is C12H15N3OS2. The first-order valence-electron chi connectivity index (χ1n) is 5.63. The minimum absolute atomic E-state index is 0.227. The number of rotatable bonds is 7. The quantitative estimate of drug-likeness (QED) is 0.763. The van der Waals surface area contributed by atoms with E-state index in [1.807, 2.05) is 23.0 Å². The van der Waals surface area contributed by atoms with Crippen molar-refractivity contribution in [2.45, 2.75) is 12.3 Å². The lowest BCUT2D eigenvalue weighted by atomic mass is 10.3. The van der Waals surface area contributed by atoms with Gasteiger partial charge in [0.25, 0.3) is 0 Å². The summed E-state index contributed by atoms with van der Waals surface area (Å²) in [6.45, 7) is 0.925. The number of anilines is 1. The van der Waals surface area contributed by atoms with E-state index in [0.717, 1.165) is 23.0 Å². The average molecular weight is 281 g/mol. The molecule has 0 aromatic carbocycles. The van der Waals surface area contributed by atoms with Gasteiger partial charge in [-0.05, 0) is 17.7 Å². The summed E-state index contributed by atoms with van der Waals surface area (Å²) >= 11 is 3.31. The van der Waals surface area contributed by atoms with Crippen molar-refractivity contribution in [1.82, 2.24) is 9.97 Å². The maximum atomic E-state index is 8.74. The molecule has 2 aromatic rings. The van der Waals surface area contributed by atoms with Gasteiger partial charge in [0.15, 0.2) is 0 Å². The zero-order valence-corrected chi connectivity index (χ0v) is 11.5. The molecule has 6 heteroatoms. The summed E-state index contributed by atoms with van der Waals surface area (Å²) in [6, 6.07) is 4.04. The first-order valence-corrected chi connectivity index (χ1v) is 7.72. The molecule has 2 aromatic heterocycles. The lowest BCUT2D eigenvalue weighted by molar-refractivity contribution is 0.322. The van der Waals surface area contributed by atoms with Crippen LogP contribution in [0.1, 0.15) is 11.3 Å². The van der Waals surface area contributed by atoms with Crippen molar-refractivity contribution in [2.24, 2.45) is 0 Å². The molecule has 2 heterocycles. The molecular weight excluding hydrogens is 266 g/mol. The maximum absolute atomic E-state index is 8.74. The van der Waals surface area contributed by atoms with E-state index in [1.54, 1.807) is 29.3 Å². The first-order chi connectivity index (χ1) is 8.88. The van der Waals surface area contributed by atoms with E-state index in [2.05, 4.69) is 15.3 Å². The monoisotopic (exact) mass is 281 g/mol. The van der Waals surface area contributed by atoms with Crippen LogP contribution in [0.3, 0.4) is 0 Å². The minimum atomic E-state index is 0.227. The van der Waals surface area contributed by atoms with Crippen molar-refractivity contribution < 1.29 is 5.11 Å². The molecule has 0 aliphatic carbocycles. The highest BCUT2D eigenvalue weighted by Gasteiger charge is 1.99. The van der Waals surface area contributed by atoms with E-state index in [9.17, 15) is 0 Å². The summed E-state index contributed by atoms with van der Waals surface area (Å²) in [4.78, 5) is 8.48. The van der Waals surface area contributed by atoms with Crippen molar-refractivity contribution in [3.8, 4) is 0 Å². The molecule has 0 fully saturated rings. The Balaban J connectivity index is 1.86. The summed E-state index contributed by atoms with van der Waals surface area (Å²) in [5.41, 5.74) is 4.07. The fourth-order valence-corrected chi connectivity index (χ4v) is 2.67. The van der Waals surface area contributed by atoms with Gasteiger partial charge in [0.05, 0.1) is 24.4 Å². The molecule has 0 saturated heterocycles. The smallest absolute Gasteiger partial charge is 0.126 e. The van der Waals surface area contributed by atoms with Crippen LogP contribution < -0.4 is 5.32 Å². The third-order valence-electron chi connectivity index (χ3n) is 2.26. The maximum Gasteiger partial charge on any atom is 0.126 e. The fourth-order valence-electron chi connectivity index (χ4n) is 1.42. The molecule has 0 bridgehead atoms. The van der Waals surface area contributed by atoms with Crippen LogP contribution in [0.25, 0.3) is 0 Å². The standard InChI is InChI=1S/C12H15N3OS2/c16-3-4-17-7-10-1-2-13-12(5-10)14-6-11-8-18-9-15-11/h1-2,5,8-9,16H,3-4,6-7H2,(H,13,14). The Morgan fingerprint density at radius 1 is 1.39 bits per heavy atom. The van der Waals surface area contributed by atoms with Crippen LogP contribution in [0.5, 0.6) is 0 Å². The highest BCUT2D eigenvalue weighted by Crippen LogP contribution is 2.15. The topological polar surface area (TPSA) is 58.0 Å². The number of nitrogens with zero attached hydrogens (tertiary/aromatic N) is 2. The van der Waals surface area contributed by atoms with E-state index in [0.29, 0.717) is 6.54 Å². The lowest BCUT2D eigenvalue weighted by Gasteiger charge is -2.06. The fraction of sp³-hybridized carbons (Fsp3) is 0.333. The summed E-state index contributed by atoms with van der Waals surface area (Å²) in [7, 11) is 0. The molecule has 0 saturated carbocycles. The number of pyridine rings is 1. The SMILES string of the molecule is OCCSCc1ccnc(NCc2cscn2)c1. The van der Waals surface area contributed by atoms with Crippen LogP contribution in [0.15, 0.2) is 29.2 Å². The number of aliphatic hydroxyl groups is 1. The molecule has 0 radical (unpaired) electrons. The molecule has 0 aliphatic heterocycles. The Morgan fingerprint density at radius 2 is 2.33 bits per heavy atom. The molecule has 0 amide bonds. The molecule has 18 heavy (non-hydrogen) atoms. The second-order valence-corrected chi connectivity index (χ2v) is 5.48. The third-order valence-corrected chi connectivity index (χ3v) is 3.91. The van der Waals surface area contributed by atoms with Crippen LogP contribution in [-0.4, -0.2) is 27.4 Å². The second-order valence-electron chi connectivity index (χ2n) is 3.66. The predicted molar refractivity (Wildman–Crippen MR) is 76.9 cm³/mol. The van der Waals surface area contributed by atoms with Crippen molar-refractivity contribution in [3.05, 3.63) is 40.5 Å². The second kappa shape index (κ2) is 7.35. The van der Waals surface area contributed by atoms with Gasteiger partial charge < -0.3 is 10.4 Å². The van der Waals surface area contributed by atoms with E-state index in [1.165, 1.54) is 5.56 Å². The number of aromatic nitrogens is 2. The Kier molecular flexibility index (Phi) is 5.44. The number of aliphatic hydroxyl groups excluding tert-OH is 1. The Bertz CT molecular complexity index is 462. The van der Waals surface area contributed by atoms with Crippen molar-refractivity contribution in [1.29, 1.82) is 0 Å². The summed E-state index contributed by atoms with van der Waals surface area (Å²) in [5.74, 6) is 2.53. The van der Waals surface area contributed by atoms with Gasteiger partial charge in [-0.15, -0.1) is 11.3 Å². The van der Waals surface area contributed by atoms with Gasteiger partial charge in [-0.1, -0.05) is 0 Å². The van der Waals surface area contributed by atoms with Crippen LogP contribution in [0.4, 0.5) is 5.82 Å². The van der Waals surface area contributed by atoms with Gasteiger partial charge in [-0.2, -0.15) is 11.8 Å². The normalized spacial score (nSPS) is 10.5. The molecule has 2 rings (SSSR count). The summed E-state index contributed by atoms with van der Waals surface area (Å²) in [6.07, 6.45) is 1.80. The van der Waals surface area contributed by atoms with E-state index in [4.69, 9.17) is 5.11 Å². The van der Waals surface area contributed by atoms with Crippen molar-refractivity contribution in [3.63, 3.8) is 0 Å². The molecule has 0 unspecified atom stereocenters. The van der Waals surface area contributed by atoms with E-state index in [-0.39, 0.29) is 6.61 Å². The number of hydrogen-bond donors (Lipinski definition) is 2. The summed E-state index contributed by atoms with van der Waals surface area (Å²) < 4.78 is 0. The average Bonchev–Trinajstić information content (AvgIpc) is 2.90. The number of hydrogen-bond acceptors (Lipinski definition) is 6. The molecule has 96 valence electrons. The third kappa shape index (κ3) is 4.29. The number of thioether (sulfide) groups is 1. The molecule has 2 N–H and O–H groups in total. The molecule has 0 spiro atoms. The largest absolute Gasteiger partial charge is 0.396 e. The van der Waals surface area contributed by atoms with Gasteiger partial charge in [0.1, 0.15) is 5.82 Å². The van der Waals surface area contributed by atoms with Gasteiger partial charge in [-0.3, -0.25) is 0 Å². The minimum Gasteiger partial charge on any atom is -0.396 e. The van der Waals surface area contributed by atoms with Crippen LogP contribution >= 0.6 is 23.1 Å². The molecule has 0 atom stereocenters. The van der Waals surface area contributed by atoms with E-state index < -0.39 is 0 Å². The predicted octanol–water partition coefficient (Wildman–Crippen LogP) is 2.38. The van der Waals surface area contributed by atoms with Crippen LogP contribution in [0.2, 0.25) is 0 Å². The zero-order chi connectivity index (χ0) is 12.6. The Morgan fingerprint density at radius 3 is 3.11 bits per heavy atom. The lowest BCUT2D eigenvalue weighted by Crippen LogP contribution is -2.01. The van der Waals surface area contributed by atoms with Crippen LogP contribution in [0, 0.1) is 0 Å². The highest BCUT2D eigenvalue weighted by molar-refractivity contribution is 7.98. The summed E-state index contributed by atoms with van der Waals surface area (Å²) in [5, 5.41) is 14.0. The van der Waals surface area contributed by atoms with Gasteiger partial charge >= 0.3 is 0 Å². The molecule has 4 nitrogen and oxygen atoms in total. The Hall–Kier alpha value is -1.11. The molecule has 0 aliphatic rings. The zero-order valence-electron chi connectivity index (χ0n) is 9.87. The van der Waals surface area contributed by atoms with E-state index >= 15 is 0 Å². The van der Waals surface area contributed by atoms with Crippen molar-refractivity contribution >= 4 is 28.9 Å². The van der Waals surface area contributed by atoms with Gasteiger partial charge in [-0.25, -0.2) is 9.97 Å². The number of thiazole rings is 1.